The van der Waals surface area contributed by atoms with Gasteiger partial charge in [-0.05, 0) is 29.3 Å². The van der Waals surface area contributed by atoms with Crippen LogP contribution in [-0.4, -0.2) is 24.5 Å². The molecule has 0 bridgehead atoms. The molecule has 1 aliphatic rings. The van der Waals surface area contributed by atoms with Crippen LogP contribution in [0.2, 0.25) is 5.02 Å². The molecule has 4 nitrogen and oxygen atoms in total. The highest BCUT2D eigenvalue weighted by atomic mass is 35.5. The second kappa shape index (κ2) is 8.10. The summed E-state index contributed by atoms with van der Waals surface area (Å²) in [5.74, 6) is -0.0471. The minimum absolute atomic E-state index is 0.259. The van der Waals surface area contributed by atoms with Crippen LogP contribution in [0.3, 0.4) is 0 Å². The van der Waals surface area contributed by atoms with E-state index in [-0.39, 0.29) is 6.42 Å². The molecule has 1 aliphatic heterocycles. The van der Waals surface area contributed by atoms with Gasteiger partial charge in [0.1, 0.15) is 0 Å². The zero-order chi connectivity index (χ0) is 20.3. The van der Waals surface area contributed by atoms with Crippen molar-refractivity contribution in [3.63, 3.8) is 0 Å². The Bertz CT molecular complexity index is 1040. The molecule has 5 heteroatoms. The fraction of sp³-hybridized carbons (Fsp3) is 0.167. The summed E-state index contributed by atoms with van der Waals surface area (Å²) in [6, 6.07) is 26.6. The first kappa shape index (κ1) is 19.2. The second-order valence-corrected chi connectivity index (χ2v) is 7.28. The summed E-state index contributed by atoms with van der Waals surface area (Å²) in [6.45, 7) is 0. The maximum atomic E-state index is 13.2. The van der Waals surface area contributed by atoms with Gasteiger partial charge in [-0.25, -0.2) is 9.79 Å². The van der Waals surface area contributed by atoms with Gasteiger partial charge in [-0.1, -0.05) is 78.3 Å². The molecule has 0 radical (unpaired) electrons. The number of hydrogen-bond donors (Lipinski definition) is 0. The Morgan fingerprint density at radius 2 is 1.62 bits per heavy atom. The van der Waals surface area contributed by atoms with Crippen LogP contribution in [0.25, 0.3) is 0 Å². The van der Waals surface area contributed by atoms with Crippen molar-refractivity contribution in [2.45, 2.75) is 18.1 Å². The number of aliphatic imine (C=N–C) groups is 1. The molecule has 0 amide bonds. The zero-order valence-corrected chi connectivity index (χ0v) is 16.7. The first-order valence-electron chi connectivity index (χ1n) is 9.33. The minimum atomic E-state index is -1.29. The number of benzene rings is 3. The van der Waals surface area contributed by atoms with Crippen LogP contribution in [0.4, 0.5) is 0 Å². The fourth-order valence-electron chi connectivity index (χ4n) is 3.63. The number of esters is 1. The van der Waals surface area contributed by atoms with Gasteiger partial charge in [0.25, 0.3) is 0 Å². The molecule has 0 fully saturated rings. The van der Waals surface area contributed by atoms with Crippen LogP contribution in [-0.2, 0) is 20.7 Å². The van der Waals surface area contributed by atoms with E-state index in [2.05, 4.69) is 0 Å². The van der Waals surface area contributed by atoms with Gasteiger partial charge >= 0.3 is 5.97 Å². The van der Waals surface area contributed by atoms with Gasteiger partial charge in [0.15, 0.2) is 6.10 Å². The molecule has 0 spiro atoms. The molecule has 0 unspecified atom stereocenters. The van der Waals surface area contributed by atoms with E-state index in [0.29, 0.717) is 10.9 Å². The molecule has 1 heterocycles. The average molecular weight is 406 g/mol. The van der Waals surface area contributed by atoms with Gasteiger partial charge in [-0.2, -0.15) is 0 Å². The second-order valence-electron chi connectivity index (χ2n) is 6.88. The molecule has 29 heavy (non-hydrogen) atoms. The van der Waals surface area contributed by atoms with Crippen molar-refractivity contribution in [3.05, 3.63) is 107 Å². The lowest BCUT2D eigenvalue weighted by Crippen LogP contribution is -2.44. The summed E-state index contributed by atoms with van der Waals surface area (Å²) in [7, 11) is 1.37. The SMILES string of the molecule is COC(=O)[C@@]1(Cc2ccccc2Cl)N=C(c2ccccc2)O[C@H]1c1ccccc1. The lowest BCUT2D eigenvalue weighted by Gasteiger charge is -2.29. The number of halogens is 1. The van der Waals surface area contributed by atoms with E-state index < -0.39 is 17.6 Å². The van der Waals surface area contributed by atoms with Crippen molar-refractivity contribution in [2.24, 2.45) is 4.99 Å². The lowest BCUT2D eigenvalue weighted by molar-refractivity contribution is -0.149. The van der Waals surface area contributed by atoms with E-state index in [4.69, 9.17) is 26.1 Å². The summed E-state index contributed by atoms with van der Waals surface area (Å²) in [5, 5.41) is 0.575. The fourth-order valence-corrected chi connectivity index (χ4v) is 3.83. The van der Waals surface area contributed by atoms with Crippen LogP contribution >= 0.6 is 11.6 Å². The molecule has 0 saturated carbocycles. The van der Waals surface area contributed by atoms with Crippen molar-refractivity contribution in [1.82, 2.24) is 0 Å². The average Bonchev–Trinajstić information content (AvgIpc) is 3.16. The van der Waals surface area contributed by atoms with Crippen LogP contribution in [0.15, 0.2) is 89.9 Å². The van der Waals surface area contributed by atoms with E-state index in [0.717, 1.165) is 16.7 Å². The van der Waals surface area contributed by atoms with Crippen molar-refractivity contribution < 1.29 is 14.3 Å². The van der Waals surface area contributed by atoms with Crippen LogP contribution < -0.4 is 0 Å². The van der Waals surface area contributed by atoms with E-state index in [1.54, 1.807) is 6.07 Å². The number of carbonyl (C=O) groups is 1. The highest BCUT2D eigenvalue weighted by Gasteiger charge is 2.54. The summed E-state index contributed by atoms with van der Waals surface area (Å²) in [4.78, 5) is 18.0. The smallest absolute Gasteiger partial charge is 0.338 e. The Labute approximate surface area is 174 Å². The van der Waals surface area contributed by atoms with E-state index in [1.165, 1.54) is 7.11 Å². The highest BCUT2D eigenvalue weighted by Crippen LogP contribution is 2.43. The maximum Gasteiger partial charge on any atom is 0.338 e. The molecule has 3 aromatic carbocycles. The summed E-state index contributed by atoms with van der Waals surface area (Å²) in [6.07, 6.45) is -0.377. The minimum Gasteiger partial charge on any atom is -0.467 e. The van der Waals surface area contributed by atoms with Gasteiger partial charge in [0.2, 0.25) is 11.4 Å². The predicted octanol–water partition coefficient (Wildman–Crippen LogP) is 5.01. The normalized spacial score (nSPS) is 20.6. The number of methoxy groups -OCH3 is 1. The van der Waals surface area contributed by atoms with E-state index in [9.17, 15) is 4.79 Å². The number of carbonyl (C=O) groups excluding carboxylic acids is 1. The number of ether oxygens (including phenoxy) is 2. The Morgan fingerprint density at radius 1 is 1.00 bits per heavy atom. The molecular formula is C24H20ClNO3. The Hall–Kier alpha value is -3.11. The van der Waals surface area contributed by atoms with Crippen molar-refractivity contribution in [2.75, 3.05) is 7.11 Å². The number of rotatable bonds is 5. The summed E-state index contributed by atoms with van der Waals surface area (Å²) < 4.78 is 11.5. The van der Waals surface area contributed by atoms with Gasteiger partial charge in [-0.3, -0.25) is 0 Å². The Morgan fingerprint density at radius 3 is 2.28 bits per heavy atom. The molecule has 0 aliphatic carbocycles. The molecule has 0 saturated heterocycles. The third kappa shape index (κ3) is 3.64. The Balaban J connectivity index is 1.88. The molecule has 3 aromatic rings. The van der Waals surface area contributed by atoms with E-state index in [1.807, 2.05) is 78.9 Å². The summed E-state index contributed by atoms with van der Waals surface area (Å²) >= 11 is 6.42. The zero-order valence-electron chi connectivity index (χ0n) is 15.9. The standard InChI is InChI=1S/C24H20ClNO3/c1-28-23(27)24(16-19-14-8-9-15-20(19)25)21(17-10-4-2-5-11-17)29-22(26-24)18-12-6-3-7-13-18/h2-15,21H,16H2,1H3/t21-,24-/m0/s1. The number of hydrogen-bond acceptors (Lipinski definition) is 4. The Kier molecular flexibility index (Phi) is 5.36. The topological polar surface area (TPSA) is 47.9 Å². The molecule has 2 atom stereocenters. The van der Waals surface area contributed by atoms with Gasteiger partial charge in [0.05, 0.1) is 7.11 Å². The maximum absolute atomic E-state index is 13.2. The van der Waals surface area contributed by atoms with Crippen molar-refractivity contribution >= 4 is 23.5 Å². The molecule has 4 rings (SSSR count). The van der Waals surface area contributed by atoms with Crippen LogP contribution in [0, 0.1) is 0 Å². The van der Waals surface area contributed by atoms with Gasteiger partial charge in [0, 0.05) is 17.0 Å². The third-order valence-corrected chi connectivity index (χ3v) is 5.41. The number of nitrogens with zero attached hydrogens (tertiary/aromatic N) is 1. The first-order valence-corrected chi connectivity index (χ1v) is 9.70. The van der Waals surface area contributed by atoms with Crippen LogP contribution in [0.5, 0.6) is 0 Å². The largest absolute Gasteiger partial charge is 0.467 e. The monoisotopic (exact) mass is 405 g/mol. The molecule has 0 aromatic heterocycles. The molecule has 146 valence electrons. The van der Waals surface area contributed by atoms with Gasteiger partial charge in [-0.15, -0.1) is 0 Å². The van der Waals surface area contributed by atoms with Crippen molar-refractivity contribution in [1.29, 1.82) is 0 Å². The predicted molar refractivity (Wildman–Crippen MR) is 113 cm³/mol. The first-order chi connectivity index (χ1) is 14.1. The van der Waals surface area contributed by atoms with Gasteiger partial charge < -0.3 is 9.47 Å². The quantitative estimate of drug-likeness (QED) is 0.560. The third-order valence-electron chi connectivity index (χ3n) is 5.04. The highest BCUT2D eigenvalue weighted by molar-refractivity contribution is 6.31. The van der Waals surface area contributed by atoms with Crippen LogP contribution in [0.1, 0.15) is 22.8 Å². The molecular weight excluding hydrogens is 386 g/mol. The van der Waals surface area contributed by atoms with Crippen molar-refractivity contribution in [3.8, 4) is 0 Å². The summed E-state index contributed by atoms with van der Waals surface area (Å²) in [5.41, 5.74) is 1.17. The molecule has 0 N–H and O–H groups in total. The van der Waals surface area contributed by atoms with E-state index >= 15 is 0 Å². The lowest BCUT2D eigenvalue weighted by atomic mass is 9.83.